The van der Waals surface area contributed by atoms with Crippen LogP contribution in [0.25, 0.3) is 11.1 Å². The summed E-state index contributed by atoms with van der Waals surface area (Å²) in [5.41, 5.74) is 8.08. The first kappa shape index (κ1) is 21.1. The monoisotopic (exact) mass is 564 g/mol. The van der Waals surface area contributed by atoms with Gasteiger partial charge in [-0.05, 0) is 0 Å². The SMILES string of the molecule is CCC1=[C]([Hf+2]2([CH]3c4ccccc4-c4ccccc43)[CH2][CH2]2)C(CC)C=C1.[Cl-].[Cl-]. The largest absolute Gasteiger partial charge is 1.00 e. The van der Waals surface area contributed by atoms with Crippen LogP contribution in [0.5, 0.6) is 0 Å². The summed E-state index contributed by atoms with van der Waals surface area (Å²) in [6, 6.07) is 18.6. The van der Waals surface area contributed by atoms with E-state index in [1.54, 1.807) is 25.1 Å². The fourth-order valence-corrected chi connectivity index (χ4v) is 32.7. The van der Waals surface area contributed by atoms with Crippen molar-refractivity contribution in [3.05, 3.63) is 80.7 Å². The second kappa shape index (κ2) is 8.01. The molecule has 1 heterocycles. The van der Waals surface area contributed by atoms with Crippen molar-refractivity contribution in [2.75, 3.05) is 0 Å². The number of benzene rings is 2. The standard InChI is InChI=1S/C13H9.C9H13.C2H4.2ClH.Hf/c1-3-7-12-10(5-1)9-11-6-2-4-8-13(11)12;1-3-8-5-6-9(4-2)7-8;1-2;;;/h1-9H;5-6,8H,3-4H2,1-2H3;1-2H2;2*1H;/q;;;;;+2/p-2. The van der Waals surface area contributed by atoms with Crippen molar-refractivity contribution in [3.63, 3.8) is 0 Å². The Bertz CT molecular complexity index is 863. The van der Waals surface area contributed by atoms with Crippen molar-refractivity contribution in [3.8, 4) is 11.1 Å². The van der Waals surface area contributed by atoms with Gasteiger partial charge in [-0.25, -0.2) is 0 Å². The maximum atomic E-state index is 2.53. The van der Waals surface area contributed by atoms with Crippen LogP contribution in [0.15, 0.2) is 69.6 Å². The average molecular weight is 564 g/mol. The van der Waals surface area contributed by atoms with Gasteiger partial charge in [-0.15, -0.1) is 0 Å². The van der Waals surface area contributed by atoms with Crippen LogP contribution in [0.3, 0.4) is 0 Å². The molecule has 0 saturated carbocycles. The maximum Gasteiger partial charge on any atom is -1.00 e. The van der Waals surface area contributed by atoms with Crippen molar-refractivity contribution in [1.29, 1.82) is 0 Å². The fourth-order valence-electron chi connectivity index (χ4n) is 5.59. The zero-order chi connectivity index (χ0) is 17.0. The van der Waals surface area contributed by atoms with Crippen molar-refractivity contribution in [2.45, 2.75) is 38.7 Å². The van der Waals surface area contributed by atoms with Crippen molar-refractivity contribution < 1.29 is 44.8 Å². The Morgan fingerprint density at radius 3 is 1.89 bits per heavy atom. The fraction of sp³-hybridized carbons (Fsp3) is 0.333. The van der Waals surface area contributed by atoms with Gasteiger partial charge >= 0.3 is 156 Å². The predicted molar refractivity (Wildman–Crippen MR) is 104 cm³/mol. The van der Waals surface area contributed by atoms with Crippen molar-refractivity contribution in [2.24, 2.45) is 5.92 Å². The van der Waals surface area contributed by atoms with E-state index in [1.807, 2.05) is 3.33 Å². The number of rotatable bonds is 4. The van der Waals surface area contributed by atoms with E-state index in [2.05, 4.69) is 74.5 Å². The molecule has 0 radical (unpaired) electrons. The summed E-state index contributed by atoms with van der Waals surface area (Å²) in [6.45, 7) is 4.74. The van der Waals surface area contributed by atoms with Gasteiger partial charge in [0.15, 0.2) is 0 Å². The normalized spacial score (nSPS) is 20.1. The molecule has 0 amide bonds. The Morgan fingerprint density at radius 2 is 1.41 bits per heavy atom. The number of hydrogen-bond acceptors (Lipinski definition) is 0. The van der Waals surface area contributed by atoms with Gasteiger partial charge in [0.05, 0.1) is 0 Å². The van der Waals surface area contributed by atoms with Crippen molar-refractivity contribution in [1.82, 2.24) is 0 Å². The van der Waals surface area contributed by atoms with E-state index < -0.39 is 20.0 Å². The molecule has 5 rings (SSSR count). The Hall–Kier alpha value is -0.630. The molecule has 2 aliphatic carbocycles. The summed E-state index contributed by atoms with van der Waals surface area (Å²) in [7, 11) is 0. The van der Waals surface area contributed by atoms with Crippen LogP contribution < -0.4 is 24.8 Å². The van der Waals surface area contributed by atoms with E-state index in [9.17, 15) is 0 Å². The molecule has 0 spiro atoms. The van der Waals surface area contributed by atoms with Crippen molar-refractivity contribution >= 4 is 0 Å². The molecule has 2 aromatic rings. The van der Waals surface area contributed by atoms with E-state index in [0.717, 1.165) is 9.59 Å². The predicted octanol–water partition coefficient (Wildman–Crippen LogP) is 1.03. The molecule has 3 aliphatic rings. The summed E-state index contributed by atoms with van der Waals surface area (Å²) >= 11 is -2.52. The smallest absolute Gasteiger partial charge is 1.00 e. The molecule has 1 saturated heterocycles. The third kappa shape index (κ3) is 3.05. The molecule has 1 unspecified atom stereocenters. The van der Waals surface area contributed by atoms with Gasteiger partial charge in [0.1, 0.15) is 0 Å². The summed E-state index contributed by atoms with van der Waals surface area (Å²) in [6.07, 6.45) is 7.52. The molecule has 0 N–H and O–H groups in total. The molecule has 140 valence electrons. The molecular formula is C24H26Cl2Hf. The minimum Gasteiger partial charge on any atom is -1.00 e. The summed E-state index contributed by atoms with van der Waals surface area (Å²) in [4.78, 5) is 0. The molecule has 0 aromatic heterocycles. The Morgan fingerprint density at radius 1 is 0.852 bits per heavy atom. The summed E-state index contributed by atoms with van der Waals surface area (Å²) in [5, 5.41) is 0. The zero-order valence-corrected chi connectivity index (χ0v) is 21.1. The van der Waals surface area contributed by atoms with Gasteiger partial charge in [0.25, 0.3) is 0 Å². The minimum absolute atomic E-state index is 0. The molecule has 1 fully saturated rings. The van der Waals surface area contributed by atoms with Crippen LogP contribution in [-0.4, -0.2) is 0 Å². The Labute approximate surface area is 180 Å². The molecule has 1 atom stereocenters. The first-order chi connectivity index (χ1) is 12.3. The van der Waals surface area contributed by atoms with Gasteiger partial charge in [0.2, 0.25) is 0 Å². The van der Waals surface area contributed by atoms with E-state index in [4.69, 9.17) is 0 Å². The van der Waals surface area contributed by atoms with Gasteiger partial charge < -0.3 is 24.8 Å². The van der Waals surface area contributed by atoms with Crippen LogP contribution in [0.4, 0.5) is 0 Å². The molecule has 2 aromatic carbocycles. The summed E-state index contributed by atoms with van der Waals surface area (Å²) < 4.78 is 5.90. The van der Waals surface area contributed by atoms with Crippen LogP contribution >= 0.6 is 0 Å². The van der Waals surface area contributed by atoms with Gasteiger partial charge in [-0.1, -0.05) is 0 Å². The van der Waals surface area contributed by atoms with Crippen LogP contribution in [0.2, 0.25) is 8.35 Å². The third-order valence-corrected chi connectivity index (χ3v) is 25.0. The number of halogens is 2. The van der Waals surface area contributed by atoms with E-state index >= 15 is 0 Å². The molecule has 1 aliphatic heterocycles. The maximum absolute atomic E-state index is 2.53. The minimum atomic E-state index is -2.52. The Kier molecular flexibility index (Phi) is 6.26. The quantitative estimate of drug-likeness (QED) is 0.488. The first-order valence-corrected chi connectivity index (χ1v) is 18.8. The second-order valence-corrected chi connectivity index (χ2v) is 23.8. The second-order valence-electron chi connectivity index (χ2n) is 7.93. The van der Waals surface area contributed by atoms with Gasteiger partial charge in [-0.3, -0.25) is 0 Å². The number of allylic oxidation sites excluding steroid dienone is 4. The average Bonchev–Trinajstić information content (AvgIpc) is 3.21. The zero-order valence-electron chi connectivity index (χ0n) is 16.0. The van der Waals surface area contributed by atoms with Gasteiger partial charge in [-0.2, -0.15) is 0 Å². The van der Waals surface area contributed by atoms with E-state index in [1.165, 1.54) is 24.0 Å². The van der Waals surface area contributed by atoms with Crippen LogP contribution in [0.1, 0.15) is 41.5 Å². The van der Waals surface area contributed by atoms with E-state index in [-0.39, 0.29) is 24.8 Å². The number of fused-ring (bicyclic) bond motifs is 3. The summed E-state index contributed by atoms with van der Waals surface area (Å²) in [5.74, 6) is 0.749. The molecule has 3 heteroatoms. The van der Waals surface area contributed by atoms with E-state index in [0.29, 0.717) is 0 Å². The van der Waals surface area contributed by atoms with Crippen LogP contribution in [-0.2, 0) is 20.0 Å². The first-order valence-electron chi connectivity index (χ1n) is 9.90. The third-order valence-electron chi connectivity index (χ3n) is 6.78. The Balaban J connectivity index is 0.00000105. The molecule has 0 nitrogen and oxygen atoms in total. The molecule has 0 bridgehead atoms. The topological polar surface area (TPSA) is 0 Å². The van der Waals surface area contributed by atoms with Gasteiger partial charge in [0, 0.05) is 0 Å². The molecule has 27 heavy (non-hydrogen) atoms. The number of hydrogen-bond donors (Lipinski definition) is 0. The van der Waals surface area contributed by atoms with Crippen LogP contribution in [0, 0.1) is 5.92 Å². The molecular weight excluding hydrogens is 538 g/mol.